The molecule has 3 N–H and O–H groups in total. The number of hydrogen-bond acceptors (Lipinski definition) is 6. The highest BCUT2D eigenvalue weighted by atomic mass is 16.5. The molecule has 0 atom stereocenters. The lowest BCUT2D eigenvalue weighted by molar-refractivity contribution is -0.120. The van der Waals surface area contributed by atoms with E-state index in [9.17, 15) is 14.4 Å². The maximum absolute atomic E-state index is 13.4. The molecule has 1 aromatic heterocycles. The molecule has 2 aromatic carbocycles. The van der Waals surface area contributed by atoms with Crippen LogP contribution in [0.5, 0.6) is 11.5 Å². The van der Waals surface area contributed by atoms with Gasteiger partial charge in [0, 0.05) is 6.54 Å². The fraction of sp³-hybridized carbons (Fsp3) is 0.320. The van der Waals surface area contributed by atoms with Gasteiger partial charge < -0.3 is 15.2 Å². The average Bonchev–Trinajstić information content (AvgIpc) is 2.83. The summed E-state index contributed by atoms with van der Waals surface area (Å²) in [7, 11) is 0. The number of para-hydroxylation sites is 2. The summed E-state index contributed by atoms with van der Waals surface area (Å²) in [4.78, 5) is 42.1. The smallest absolute Gasteiger partial charge is 0.330 e. The zero-order valence-electron chi connectivity index (χ0n) is 19.5. The number of nitrogen functional groups attached to an aromatic ring is 1. The highest BCUT2D eigenvalue weighted by Gasteiger charge is 2.25. The molecule has 9 nitrogen and oxygen atoms in total. The van der Waals surface area contributed by atoms with Gasteiger partial charge in [0.15, 0.2) is 23.8 Å². The van der Waals surface area contributed by atoms with Crippen molar-refractivity contribution in [2.45, 2.75) is 39.8 Å². The molecule has 0 unspecified atom stereocenters. The van der Waals surface area contributed by atoms with E-state index in [2.05, 4.69) is 4.98 Å². The monoisotopic (exact) mass is 466 g/mol. The van der Waals surface area contributed by atoms with Gasteiger partial charge in [-0.1, -0.05) is 55.8 Å². The van der Waals surface area contributed by atoms with E-state index in [-0.39, 0.29) is 24.7 Å². The van der Waals surface area contributed by atoms with Crippen LogP contribution in [-0.4, -0.2) is 28.7 Å². The topological polar surface area (TPSA) is 120 Å². The quantitative estimate of drug-likeness (QED) is 0.448. The Labute approximate surface area is 197 Å². The molecule has 9 heteroatoms. The van der Waals surface area contributed by atoms with Gasteiger partial charge in [-0.25, -0.2) is 4.79 Å². The van der Waals surface area contributed by atoms with Gasteiger partial charge in [0.25, 0.3) is 11.5 Å². The second-order valence-electron chi connectivity index (χ2n) is 7.63. The van der Waals surface area contributed by atoms with Gasteiger partial charge in [0.05, 0.1) is 13.2 Å². The molecule has 1 heterocycles. The molecule has 0 spiro atoms. The SMILES string of the molecule is CCCCn1c(N)c(N(Cc2ccccc2)C(=O)COc2ccccc2OCC)c(=O)[nH]c1=O. The van der Waals surface area contributed by atoms with Crippen molar-refractivity contribution in [3.63, 3.8) is 0 Å². The summed E-state index contributed by atoms with van der Waals surface area (Å²) in [5, 5.41) is 0. The number of unbranched alkanes of at least 4 members (excludes halogenated alkanes) is 1. The second-order valence-corrected chi connectivity index (χ2v) is 7.63. The van der Waals surface area contributed by atoms with E-state index in [1.54, 1.807) is 24.3 Å². The molecule has 3 rings (SSSR count). The van der Waals surface area contributed by atoms with Crippen LogP contribution in [0.1, 0.15) is 32.3 Å². The summed E-state index contributed by atoms with van der Waals surface area (Å²) >= 11 is 0. The maximum atomic E-state index is 13.4. The maximum Gasteiger partial charge on any atom is 0.330 e. The summed E-state index contributed by atoms with van der Waals surface area (Å²) in [6.45, 7) is 4.33. The van der Waals surface area contributed by atoms with E-state index < -0.39 is 17.2 Å². The number of hydrogen-bond donors (Lipinski definition) is 2. The zero-order valence-corrected chi connectivity index (χ0v) is 19.5. The van der Waals surface area contributed by atoms with E-state index in [0.29, 0.717) is 31.1 Å². The van der Waals surface area contributed by atoms with Crippen LogP contribution in [0.2, 0.25) is 0 Å². The number of anilines is 2. The van der Waals surface area contributed by atoms with Crippen LogP contribution in [0, 0.1) is 0 Å². The third kappa shape index (κ3) is 5.86. The molecule has 180 valence electrons. The Kier molecular flexibility index (Phi) is 8.50. The third-order valence-electron chi connectivity index (χ3n) is 5.20. The Balaban J connectivity index is 1.97. The van der Waals surface area contributed by atoms with Gasteiger partial charge in [0.2, 0.25) is 0 Å². The summed E-state index contributed by atoms with van der Waals surface area (Å²) in [5.41, 5.74) is 5.66. The van der Waals surface area contributed by atoms with E-state index in [1.807, 2.05) is 44.2 Å². The number of nitrogens with one attached hydrogen (secondary N) is 1. The van der Waals surface area contributed by atoms with E-state index >= 15 is 0 Å². The van der Waals surface area contributed by atoms with E-state index in [4.69, 9.17) is 15.2 Å². The first-order valence-corrected chi connectivity index (χ1v) is 11.3. The van der Waals surface area contributed by atoms with Gasteiger partial charge in [-0.05, 0) is 31.0 Å². The minimum absolute atomic E-state index is 0.0544. The normalized spacial score (nSPS) is 10.6. The number of aromatic nitrogens is 2. The highest BCUT2D eigenvalue weighted by molar-refractivity contribution is 5.96. The molecule has 0 fully saturated rings. The van der Waals surface area contributed by atoms with Crippen LogP contribution < -0.4 is 31.4 Å². The Morgan fingerprint density at radius 3 is 2.29 bits per heavy atom. The Morgan fingerprint density at radius 2 is 1.65 bits per heavy atom. The van der Waals surface area contributed by atoms with Gasteiger partial charge in [-0.2, -0.15) is 0 Å². The first kappa shape index (κ1) is 24.6. The molecule has 0 bridgehead atoms. The molecule has 0 saturated heterocycles. The lowest BCUT2D eigenvalue weighted by atomic mass is 10.2. The Morgan fingerprint density at radius 1 is 1.00 bits per heavy atom. The number of benzene rings is 2. The van der Waals surface area contributed by atoms with Gasteiger partial charge in [-0.15, -0.1) is 0 Å². The summed E-state index contributed by atoms with van der Waals surface area (Å²) in [6, 6.07) is 16.2. The van der Waals surface area contributed by atoms with Crippen LogP contribution in [0.3, 0.4) is 0 Å². The molecule has 0 radical (unpaired) electrons. The standard InChI is InChI=1S/C25H30N4O5/c1-3-5-15-28-23(26)22(24(31)27-25(28)32)29(16-18-11-7-6-8-12-18)21(30)17-34-20-14-10-9-13-19(20)33-4-2/h6-14H,3-5,15-17,26H2,1-2H3,(H,27,31,32). The fourth-order valence-electron chi connectivity index (χ4n) is 3.50. The fourth-order valence-corrected chi connectivity index (χ4v) is 3.50. The van der Waals surface area contributed by atoms with Crippen LogP contribution in [0.25, 0.3) is 0 Å². The first-order valence-electron chi connectivity index (χ1n) is 11.3. The van der Waals surface area contributed by atoms with Gasteiger partial charge in [0.1, 0.15) is 5.82 Å². The largest absolute Gasteiger partial charge is 0.490 e. The molecule has 1 amide bonds. The lowest BCUT2D eigenvalue weighted by Crippen LogP contribution is -2.42. The van der Waals surface area contributed by atoms with Crippen LogP contribution >= 0.6 is 0 Å². The lowest BCUT2D eigenvalue weighted by Gasteiger charge is -2.25. The molecule has 34 heavy (non-hydrogen) atoms. The molecule has 0 saturated carbocycles. The molecular weight excluding hydrogens is 436 g/mol. The van der Waals surface area contributed by atoms with Crippen LogP contribution in [0.15, 0.2) is 64.2 Å². The third-order valence-corrected chi connectivity index (χ3v) is 5.20. The molecular formula is C25H30N4O5. The predicted molar refractivity (Wildman–Crippen MR) is 131 cm³/mol. The first-order chi connectivity index (χ1) is 16.5. The van der Waals surface area contributed by atoms with Gasteiger partial charge in [-0.3, -0.25) is 24.0 Å². The van der Waals surface area contributed by atoms with E-state index in [0.717, 1.165) is 12.0 Å². The summed E-state index contributed by atoms with van der Waals surface area (Å²) in [5.74, 6) is 0.374. The summed E-state index contributed by atoms with van der Waals surface area (Å²) in [6.07, 6.45) is 1.53. The van der Waals surface area contributed by atoms with Crippen molar-refractivity contribution in [3.05, 3.63) is 81.0 Å². The highest BCUT2D eigenvalue weighted by Crippen LogP contribution is 2.27. The average molecular weight is 467 g/mol. The number of H-pyrrole nitrogens is 1. The number of carbonyl (C=O) groups is 1. The van der Waals surface area contributed by atoms with Crippen molar-refractivity contribution in [1.29, 1.82) is 0 Å². The van der Waals surface area contributed by atoms with Crippen molar-refractivity contribution in [3.8, 4) is 11.5 Å². The Bertz CT molecular complexity index is 1220. The molecule has 3 aromatic rings. The number of aromatic amines is 1. The summed E-state index contributed by atoms with van der Waals surface area (Å²) < 4.78 is 12.6. The van der Waals surface area contributed by atoms with E-state index in [1.165, 1.54) is 9.47 Å². The minimum Gasteiger partial charge on any atom is -0.490 e. The number of carbonyl (C=O) groups excluding carboxylic acids is 1. The van der Waals surface area contributed by atoms with Crippen molar-refractivity contribution in [1.82, 2.24) is 9.55 Å². The van der Waals surface area contributed by atoms with Gasteiger partial charge >= 0.3 is 5.69 Å². The van der Waals surface area contributed by atoms with Crippen LogP contribution in [-0.2, 0) is 17.9 Å². The van der Waals surface area contributed by atoms with Crippen molar-refractivity contribution in [2.75, 3.05) is 23.8 Å². The zero-order chi connectivity index (χ0) is 24.5. The number of ether oxygens (including phenoxy) is 2. The van der Waals surface area contributed by atoms with Crippen molar-refractivity contribution in [2.24, 2.45) is 0 Å². The minimum atomic E-state index is -0.728. The molecule has 0 aliphatic rings. The van der Waals surface area contributed by atoms with Crippen molar-refractivity contribution < 1.29 is 14.3 Å². The number of amides is 1. The second kappa shape index (κ2) is 11.7. The van der Waals surface area contributed by atoms with Crippen molar-refractivity contribution >= 4 is 17.4 Å². The Hall–Kier alpha value is -4.01. The van der Waals surface area contributed by atoms with Crippen LogP contribution in [0.4, 0.5) is 11.5 Å². The number of nitrogens with two attached hydrogens (primary N) is 1. The number of rotatable bonds is 11. The predicted octanol–water partition coefficient (Wildman–Crippen LogP) is 2.93. The number of nitrogens with zero attached hydrogens (tertiary/aromatic N) is 2. The molecule has 0 aliphatic carbocycles. The molecule has 0 aliphatic heterocycles.